The minimum absolute atomic E-state index is 0.354. The second kappa shape index (κ2) is 6.93. The summed E-state index contributed by atoms with van der Waals surface area (Å²) in [6, 6.07) is 20.6. The van der Waals surface area contributed by atoms with Crippen molar-refractivity contribution in [1.29, 1.82) is 0 Å². The van der Waals surface area contributed by atoms with Gasteiger partial charge in [0.15, 0.2) is 0 Å². The molecule has 0 fully saturated rings. The lowest BCUT2D eigenvalue weighted by molar-refractivity contribution is 0.999. The number of hydrogen-bond acceptors (Lipinski definition) is 1. The summed E-state index contributed by atoms with van der Waals surface area (Å²) in [5.41, 5.74) is 1.09. The quantitative estimate of drug-likeness (QED) is 0.568. The predicted molar refractivity (Wildman–Crippen MR) is 79.7 cm³/mol. The zero-order chi connectivity index (χ0) is 12.6. The van der Waals surface area contributed by atoms with Gasteiger partial charge in [-0.3, -0.25) is 0 Å². The fraction of sp³-hybridized carbons (Fsp3) is 0.176. The van der Waals surface area contributed by atoms with E-state index in [1.807, 2.05) is 48.2 Å². The first-order chi connectivity index (χ1) is 8.88. The van der Waals surface area contributed by atoms with E-state index in [-0.39, 0.29) is 0 Å². The smallest absolute Gasteiger partial charge is 0.0705 e. The molecule has 0 nitrogen and oxygen atoms in total. The first kappa shape index (κ1) is 12.8. The molecule has 2 aromatic rings. The van der Waals surface area contributed by atoms with E-state index in [0.717, 1.165) is 12.0 Å². The minimum Gasteiger partial charge on any atom is -0.110 e. The van der Waals surface area contributed by atoms with E-state index in [4.69, 9.17) is 0 Å². The first-order valence-corrected chi connectivity index (χ1v) is 7.04. The van der Waals surface area contributed by atoms with Gasteiger partial charge in [-0.25, -0.2) is 0 Å². The maximum absolute atomic E-state index is 3.35. The Labute approximate surface area is 113 Å². The van der Waals surface area contributed by atoms with Crippen molar-refractivity contribution in [2.24, 2.45) is 0 Å². The van der Waals surface area contributed by atoms with Crippen molar-refractivity contribution in [3.8, 4) is 11.8 Å². The summed E-state index contributed by atoms with van der Waals surface area (Å²) in [5.74, 6) is 6.59. The molecule has 0 amide bonds. The van der Waals surface area contributed by atoms with Gasteiger partial charge in [-0.2, -0.15) is 0 Å². The predicted octanol–water partition coefficient (Wildman–Crippen LogP) is 4.61. The lowest BCUT2D eigenvalue weighted by atomic mass is 10.2. The van der Waals surface area contributed by atoms with Gasteiger partial charge in [-0.1, -0.05) is 55.2 Å². The van der Waals surface area contributed by atoms with Gasteiger partial charge in [0.25, 0.3) is 0 Å². The molecule has 0 radical (unpaired) electrons. The van der Waals surface area contributed by atoms with Crippen molar-refractivity contribution < 1.29 is 0 Å². The van der Waals surface area contributed by atoms with Crippen LogP contribution in [-0.2, 0) is 0 Å². The van der Waals surface area contributed by atoms with Crippen LogP contribution in [0.3, 0.4) is 0 Å². The van der Waals surface area contributed by atoms with E-state index in [1.165, 1.54) is 4.90 Å². The molecular formula is C17H16S. The average molecular weight is 252 g/mol. The third kappa shape index (κ3) is 3.98. The van der Waals surface area contributed by atoms with Gasteiger partial charge in [0.1, 0.15) is 0 Å². The van der Waals surface area contributed by atoms with Crippen molar-refractivity contribution in [3.05, 3.63) is 66.2 Å². The topological polar surface area (TPSA) is 0 Å². The van der Waals surface area contributed by atoms with Gasteiger partial charge >= 0.3 is 0 Å². The van der Waals surface area contributed by atoms with Gasteiger partial charge < -0.3 is 0 Å². The molecule has 1 unspecified atom stereocenters. The number of thioether (sulfide) groups is 1. The Morgan fingerprint density at radius 2 is 1.56 bits per heavy atom. The minimum atomic E-state index is 0.354. The maximum atomic E-state index is 3.35. The van der Waals surface area contributed by atoms with Gasteiger partial charge in [0.2, 0.25) is 0 Å². The molecule has 0 aliphatic rings. The zero-order valence-corrected chi connectivity index (χ0v) is 11.3. The molecule has 0 aliphatic carbocycles. The Kier molecular flexibility index (Phi) is 4.93. The van der Waals surface area contributed by atoms with Crippen LogP contribution in [0.4, 0.5) is 0 Å². The highest BCUT2D eigenvalue weighted by atomic mass is 32.2. The monoisotopic (exact) mass is 252 g/mol. The van der Waals surface area contributed by atoms with Crippen LogP contribution in [0.25, 0.3) is 0 Å². The van der Waals surface area contributed by atoms with E-state index in [2.05, 4.69) is 43.0 Å². The summed E-state index contributed by atoms with van der Waals surface area (Å²) >= 11 is 1.83. The van der Waals surface area contributed by atoms with Crippen LogP contribution < -0.4 is 0 Å². The van der Waals surface area contributed by atoms with Crippen LogP contribution in [0, 0.1) is 11.8 Å². The molecule has 0 N–H and O–H groups in total. The summed E-state index contributed by atoms with van der Waals surface area (Å²) in [5, 5.41) is 0.354. The Balaban J connectivity index is 2.05. The summed E-state index contributed by atoms with van der Waals surface area (Å²) in [6.07, 6.45) is 1.05. The van der Waals surface area contributed by atoms with Crippen LogP contribution in [0.5, 0.6) is 0 Å². The number of hydrogen-bond donors (Lipinski definition) is 0. The van der Waals surface area contributed by atoms with Crippen LogP contribution in [-0.4, -0.2) is 5.25 Å². The maximum Gasteiger partial charge on any atom is 0.0705 e. The van der Waals surface area contributed by atoms with E-state index in [9.17, 15) is 0 Å². The number of benzene rings is 2. The molecule has 1 atom stereocenters. The Morgan fingerprint density at radius 3 is 2.17 bits per heavy atom. The van der Waals surface area contributed by atoms with E-state index in [0.29, 0.717) is 5.25 Å². The molecule has 18 heavy (non-hydrogen) atoms. The molecule has 0 spiro atoms. The fourth-order valence-electron chi connectivity index (χ4n) is 1.56. The standard InChI is InChI=1S/C17H16S/c1-2-16(18-17-11-7-4-8-12-17)14-13-15-9-5-3-6-10-15/h3-12,16H,2H2,1H3. The van der Waals surface area contributed by atoms with Crippen LogP contribution in [0.1, 0.15) is 18.9 Å². The molecule has 90 valence electrons. The van der Waals surface area contributed by atoms with Crippen molar-refractivity contribution in [2.75, 3.05) is 0 Å². The van der Waals surface area contributed by atoms with Crippen molar-refractivity contribution in [1.82, 2.24) is 0 Å². The lowest BCUT2D eigenvalue weighted by Gasteiger charge is -2.06. The second-order valence-corrected chi connectivity index (χ2v) is 5.24. The largest absolute Gasteiger partial charge is 0.110 e. The zero-order valence-electron chi connectivity index (χ0n) is 10.5. The van der Waals surface area contributed by atoms with Gasteiger partial charge in [-0.05, 0) is 30.7 Å². The second-order valence-electron chi connectivity index (χ2n) is 3.96. The summed E-state index contributed by atoms with van der Waals surface area (Å²) in [4.78, 5) is 1.28. The van der Waals surface area contributed by atoms with Gasteiger partial charge in [0, 0.05) is 10.5 Å². The summed E-state index contributed by atoms with van der Waals surface area (Å²) in [6.45, 7) is 2.18. The molecule has 0 saturated carbocycles. The van der Waals surface area contributed by atoms with Crippen molar-refractivity contribution >= 4 is 11.8 Å². The van der Waals surface area contributed by atoms with E-state index < -0.39 is 0 Å². The SMILES string of the molecule is CCC(C#Cc1ccccc1)Sc1ccccc1. The number of rotatable bonds is 3. The summed E-state index contributed by atoms with van der Waals surface area (Å²) in [7, 11) is 0. The highest BCUT2D eigenvalue weighted by Gasteiger charge is 2.03. The first-order valence-electron chi connectivity index (χ1n) is 6.17. The Morgan fingerprint density at radius 1 is 0.944 bits per heavy atom. The molecule has 1 heteroatoms. The molecule has 2 aromatic carbocycles. The normalized spacial score (nSPS) is 11.4. The molecule has 0 aliphatic heterocycles. The molecule has 0 bridgehead atoms. The van der Waals surface area contributed by atoms with Crippen molar-refractivity contribution in [2.45, 2.75) is 23.5 Å². The van der Waals surface area contributed by atoms with E-state index >= 15 is 0 Å². The lowest BCUT2D eigenvalue weighted by Crippen LogP contribution is -1.95. The summed E-state index contributed by atoms with van der Waals surface area (Å²) < 4.78 is 0. The van der Waals surface area contributed by atoms with E-state index in [1.54, 1.807) is 0 Å². The molecule has 0 heterocycles. The molecule has 0 saturated heterocycles. The fourth-order valence-corrected chi connectivity index (χ4v) is 2.49. The molecular weight excluding hydrogens is 236 g/mol. The molecule has 0 aromatic heterocycles. The highest BCUT2D eigenvalue weighted by molar-refractivity contribution is 8.00. The van der Waals surface area contributed by atoms with Crippen molar-refractivity contribution in [3.63, 3.8) is 0 Å². The third-order valence-electron chi connectivity index (χ3n) is 2.54. The Bertz CT molecular complexity index is 520. The van der Waals surface area contributed by atoms with Crippen LogP contribution in [0.2, 0.25) is 0 Å². The average Bonchev–Trinajstić information content (AvgIpc) is 2.45. The van der Waals surface area contributed by atoms with Gasteiger partial charge in [0.05, 0.1) is 5.25 Å². The highest BCUT2D eigenvalue weighted by Crippen LogP contribution is 2.24. The molecule has 2 rings (SSSR count). The van der Waals surface area contributed by atoms with Gasteiger partial charge in [-0.15, -0.1) is 11.8 Å². The van der Waals surface area contributed by atoms with Crippen LogP contribution >= 0.6 is 11.8 Å². The Hall–Kier alpha value is -1.65. The van der Waals surface area contributed by atoms with Crippen LogP contribution in [0.15, 0.2) is 65.6 Å². The third-order valence-corrected chi connectivity index (χ3v) is 3.82.